The summed E-state index contributed by atoms with van der Waals surface area (Å²) in [5.41, 5.74) is 1.91. The van der Waals surface area contributed by atoms with Crippen LogP contribution in [-0.2, 0) is 17.6 Å². The first-order chi connectivity index (χ1) is 11.7. The van der Waals surface area contributed by atoms with Crippen LogP contribution in [0.2, 0.25) is 0 Å². The zero-order valence-corrected chi connectivity index (χ0v) is 15.4. The van der Waals surface area contributed by atoms with Gasteiger partial charge in [-0.3, -0.25) is 4.79 Å². The number of nitriles is 1. The fourth-order valence-electron chi connectivity index (χ4n) is 3.87. The summed E-state index contributed by atoms with van der Waals surface area (Å²) < 4.78 is 0. The van der Waals surface area contributed by atoms with Gasteiger partial charge < -0.3 is 10.2 Å². The Morgan fingerprint density at radius 3 is 2.92 bits per heavy atom. The van der Waals surface area contributed by atoms with Crippen LogP contribution < -0.4 is 5.32 Å². The summed E-state index contributed by atoms with van der Waals surface area (Å²) in [7, 11) is 0. The third-order valence-corrected chi connectivity index (χ3v) is 6.56. The van der Waals surface area contributed by atoms with E-state index in [1.165, 1.54) is 42.5 Å². The standard InChI is InChI=1S/C19H27N3OS/c1-14-7-5-6-11-22(14)12-10-18(23)21-19-16(13-20)15-8-3-2-4-9-17(15)24-19/h14H,2-12H2,1H3,(H,21,23). The van der Waals surface area contributed by atoms with Gasteiger partial charge in [0, 0.05) is 23.9 Å². The molecule has 0 radical (unpaired) electrons. The Labute approximate surface area is 148 Å². The maximum atomic E-state index is 12.4. The second-order valence-electron chi connectivity index (χ2n) is 7.06. The molecule has 5 heteroatoms. The fourth-order valence-corrected chi connectivity index (χ4v) is 5.13. The van der Waals surface area contributed by atoms with Crippen molar-refractivity contribution < 1.29 is 4.79 Å². The van der Waals surface area contributed by atoms with E-state index in [0.717, 1.165) is 42.9 Å². The Hall–Kier alpha value is -1.38. The maximum Gasteiger partial charge on any atom is 0.226 e. The first-order valence-electron chi connectivity index (χ1n) is 9.27. The molecule has 1 aromatic heterocycles. The third-order valence-electron chi connectivity index (χ3n) is 5.35. The SMILES string of the molecule is CC1CCCCN1CCC(=O)Nc1sc2c(c1C#N)CCCCC2. The van der Waals surface area contributed by atoms with Gasteiger partial charge in [-0.2, -0.15) is 5.26 Å². The third kappa shape index (κ3) is 3.99. The van der Waals surface area contributed by atoms with Crippen molar-refractivity contribution in [2.75, 3.05) is 18.4 Å². The summed E-state index contributed by atoms with van der Waals surface area (Å²) in [5, 5.41) is 13.3. The molecule has 0 saturated carbocycles. The fraction of sp³-hybridized carbons (Fsp3) is 0.684. The van der Waals surface area contributed by atoms with Gasteiger partial charge >= 0.3 is 0 Å². The van der Waals surface area contributed by atoms with E-state index in [9.17, 15) is 10.1 Å². The number of hydrogen-bond acceptors (Lipinski definition) is 4. The summed E-state index contributed by atoms with van der Waals surface area (Å²) in [6.45, 7) is 4.17. The van der Waals surface area contributed by atoms with E-state index >= 15 is 0 Å². The van der Waals surface area contributed by atoms with Crippen molar-refractivity contribution in [2.45, 2.75) is 70.8 Å². The number of thiophene rings is 1. The Morgan fingerprint density at radius 1 is 1.29 bits per heavy atom. The lowest BCUT2D eigenvalue weighted by atomic mass is 10.0. The predicted octanol–water partition coefficient (Wildman–Crippen LogP) is 4.09. The molecule has 1 saturated heterocycles. The highest BCUT2D eigenvalue weighted by molar-refractivity contribution is 7.16. The van der Waals surface area contributed by atoms with Crippen LogP contribution in [0.1, 0.15) is 67.9 Å². The number of carbonyl (C=O) groups is 1. The minimum atomic E-state index is 0.0423. The number of carbonyl (C=O) groups excluding carboxylic acids is 1. The van der Waals surface area contributed by atoms with E-state index in [-0.39, 0.29) is 5.91 Å². The molecule has 1 aromatic rings. The number of nitrogens with one attached hydrogen (secondary N) is 1. The zero-order valence-electron chi connectivity index (χ0n) is 14.6. The summed E-state index contributed by atoms with van der Waals surface area (Å²) in [6.07, 6.45) is 9.90. The van der Waals surface area contributed by atoms with E-state index < -0.39 is 0 Å². The van der Waals surface area contributed by atoms with Gasteiger partial charge in [0.2, 0.25) is 5.91 Å². The maximum absolute atomic E-state index is 12.4. The zero-order chi connectivity index (χ0) is 16.9. The number of likely N-dealkylation sites (tertiary alicyclic amines) is 1. The normalized spacial score (nSPS) is 21.6. The van der Waals surface area contributed by atoms with Crippen molar-refractivity contribution in [1.82, 2.24) is 4.90 Å². The molecule has 24 heavy (non-hydrogen) atoms. The molecule has 1 amide bonds. The number of piperidine rings is 1. The van der Waals surface area contributed by atoms with Gasteiger partial charge in [-0.05, 0) is 57.6 Å². The molecular formula is C19H27N3OS. The summed E-state index contributed by atoms with van der Waals surface area (Å²) in [4.78, 5) is 16.1. The molecule has 1 atom stereocenters. The van der Waals surface area contributed by atoms with Gasteiger partial charge in [-0.25, -0.2) is 0 Å². The number of amides is 1. The topological polar surface area (TPSA) is 56.1 Å². The number of aryl methyl sites for hydroxylation is 1. The molecule has 0 aromatic carbocycles. The smallest absolute Gasteiger partial charge is 0.226 e. The van der Waals surface area contributed by atoms with Crippen molar-refractivity contribution in [2.24, 2.45) is 0 Å². The Morgan fingerprint density at radius 2 is 2.12 bits per heavy atom. The number of rotatable bonds is 4. The highest BCUT2D eigenvalue weighted by Crippen LogP contribution is 2.37. The molecule has 1 aliphatic heterocycles. The molecule has 2 aliphatic rings. The lowest BCUT2D eigenvalue weighted by Gasteiger charge is -2.33. The van der Waals surface area contributed by atoms with Crippen molar-refractivity contribution >= 4 is 22.2 Å². The van der Waals surface area contributed by atoms with Crippen LogP contribution in [0.5, 0.6) is 0 Å². The molecule has 1 unspecified atom stereocenters. The molecule has 0 bridgehead atoms. The van der Waals surface area contributed by atoms with Gasteiger partial charge in [0.15, 0.2) is 0 Å². The predicted molar refractivity (Wildman–Crippen MR) is 98.4 cm³/mol. The largest absolute Gasteiger partial charge is 0.317 e. The monoisotopic (exact) mass is 345 g/mol. The molecule has 3 rings (SSSR count). The molecular weight excluding hydrogens is 318 g/mol. The summed E-state index contributed by atoms with van der Waals surface area (Å²) in [6, 6.07) is 2.92. The lowest BCUT2D eigenvalue weighted by Crippen LogP contribution is -2.39. The van der Waals surface area contributed by atoms with Gasteiger partial charge in [0.05, 0.1) is 5.56 Å². The van der Waals surface area contributed by atoms with Crippen LogP contribution in [-0.4, -0.2) is 29.9 Å². The Balaban J connectivity index is 1.61. The quantitative estimate of drug-likeness (QED) is 0.836. The number of nitrogens with zero attached hydrogens (tertiary/aromatic N) is 2. The minimum Gasteiger partial charge on any atom is -0.317 e. The Kier molecular flexibility index (Phi) is 5.91. The van der Waals surface area contributed by atoms with Crippen LogP contribution in [0.15, 0.2) is 0 Å². The first-order valence-corrected chi connectivity index (χ1v) is 10.1. The highest BCUT2D eigenvalue weighted by Gasteiger charge is 2.22. The van der Waals surface area contributed by atoms with E-state index in [4.69, 9.17) is 0 Å². The van der Waals surface area contributed by atoms with Crippen LogP contribution in [0.3, 0.4) is 0 Å². The molecule has 4 nitrogen and oxygen atoms in total. The Bertz CT molecular complexity index is 631. The van der Waals surface area contributed by atoms with E-state index in [0.29, 0.717) is 12.5 Å². The van der Waals surface area contributed by atoms with Crippen molar-refractivity contribution in [3.05, 3.63) is 16.0 Å². The van der Waals surface area contributed by atoms with E-state index in [1.807, 2.05) is 0 Å². The summed E-state index contributed by atoms with van der Waals surface area (Å²) >= 11 is 1.62. The minimum absolute atomic E-state index is 0.0423. The molecule has 0 spiro atoms. The second kappa shape index (κ2) is 8.13. The number of anilines is 1. The van der Waals surface area contributed by atoms with Gasteiger partial charge in [0.1, 0.15) is 11.1 Å². The number of fused-ring (bicyclic) bond motifs is 1. The summed E-state index contributed by atoms with van der Waals surface area (Å²) in [5.74, 6) is 0.0423. The van der Waals surface area contributed by atoms with Crippen LogP contribution in [0.4, 0.5) is 5.00 Å². The van der Waals surface area contributed by atoms with Gasteiger partial charge in [-0.15, -0.1) is 11.3 Å². The van der Waals surface area contributed by atoms with Crippen molar-refractivity contribution in [1.29, 1.82) is 5.26 Å². The van der Waals surface area contributed by atoms with E-state index in [1.54, 1.807) is 11.3 Å². The van der Waals surface area contributed by atoms with Crippen LogP contribution in [0, 0.1) is 11.3 Å². The molecule has 1 N–H and O–H groups in total. The average molecular weight is 346 g/mol. The molecule has 130 valence electrons. The van der Waals surface area contributed by atoms with Gasteiger partial charge in [0.25, 0.3) is 0 Å². The van der Waals surface area contributed by atoms with Crippen LogP contribution >= 0.6 is 11.3 Å². The van der Waals surface area contributed by atoms with Crippen molar-refractivity contribution in [3.8, 4) is 6.07 Å². The first kappa shape index (κ1) is 17.4. The molecule has 1 aliphatic carbocycles. The molecule has 1 fully saturated rings. The number of hydrogen-bond donors (Lipinski definition) is 1. The highest BCUT2D eigenvalue weighted by atomic mass is 32.1. The van der Waals surface area contributed by atoms with Crippen molar-refractivity contribution in [3.63, 3.8) is 0 Å². The average Bonchev–Trinajstić information content (AvgIpc) is 2.74. The van der Waals surface area contributed by atoms with Crippen LogP contribution in [0.25, 0.3) is 0 Å². The van der Waals surface area contributed by atoms with E-state index in [2.05, 4.69) is 23.2 Å². The second-order valence-corrected chi connectivity index (χ2v) is 8.16. The lowest BCUT2D eigenvalue weighted by molar-refractivity contribution is -0.116. The van der Waals surface area contributed by atoms with Gasteiger partial charge in [-0.1, -0.05) is 12.8 Å². The molecule has 2 heterocycles.